The van der Waals surface area contributed by atoms with Crippen LogP contribution in [0, 0.1) is 5.82 Å². The van der Waals surface area contributed by atoms with E-state index in [1.165, 1.54) is 15.8 Å². The van der Waals surface area contributed by atoms with Gasteiger partial charge < -0.3 is 0 Å². The lowest BCUT2D eigenvalue weighted by molar-refractivity contribution is 0.552. The number of halogens is 2. The highest BCUT2D eigenvalue weighted by Gasteiger charge is 2.13. The maximum atomic E-state index is 13.2. The van der Waals surface area contributed by atoms with Crippen molar-refractivity contribution in [2.24, 2.45) is 5.84 Å². The van der Waals surface area contributed by atoms with Gasteiger partial charge in [-0.25, -0.2) is 4.39 Å². The molecule has 1 heterocycles. The molecule has 2 nitrogen and oxygen atoms in total. The summed E-state index contributed by atoms with van der Waals surface area (Å²) >= 11 is 5.00. The molecule has 0 radical (unpaired) electrons. The molecule has 2 aromatic rings. The van der Waals surface area contributed by atoms with E-state index >= 15 is 0 Å². The summed E-state index contributed by atoms with van der Waals surface area (Å²) in [4.78, 5) is 2.64. The standard InChI is InChI=1S/C14H16BrFN2S/c1-2-10-4-5-11(19-10)8-14(18-17)9-3-6-13(16)12(15)7-9/h3-7,14,18H,2,8,17H2,1H3. The van der Waals surface area contributed by atoms with Crippen molar-refractivity contribution in [3.8, 4) is 0 Å². The lowest BCUT2D eigenvalue weighted by Crippen LogP contribution is -2.29. The molecule has 0 spiro atoms. The fraction of sp³-hybridized carbons (Fsp3) is 0.286. The van der Waals surface area contributed by atoms with Gasteiger partial charge in [0.1, 0.15) is 5.82 Å². The fourth-order valence-electron chi connectivity index (χ4n) is 1.93. The van der Waals surface area contributed by atoms with Crippen molar-refractivity contribution in [1.82, 2.24) is 5.43 Å². The molecule has 102 valence electrons. The minimum Gasteiger partial charge on any atom is -0.271 e. The van der Waals surface area contributed by atoms with Crippen LogP contribution in [0.15, 0.2) is 34.8 Å². The number of hydrazine groups is 1. The molecule has 2 rings (SSSR count). The van der Waals surface area contributed by atoms with Crippen molar-refractivity contribution in [3.05, 3.63) is 55.9 Å². The van der Waals surface area contributed by atoms with Gasteiger partial charge in [-0.05, 0) is 52.2 Å². The summed E-state index contributed by atoms with van der Waals surface area (Å²) in [6.07, 6.45) is 1.85. The van der Waals surface area contributed by atoms with Crippen LogP contribution < -0.4 is 11.3 Å². The lowest BCUT2D eigenvalue weighted by Gasteiger charge is -2.16. The van der Waals surface area contributed by atoms with E-state index < -0.39 is 0 Å². The summed E-state index contributed by atoms with van der Waals surface area (Å²) < 4.78 is 13.7. The van der Waals surface area contributed by atoms with Gasteiger partial charge in [0, 0.05) is 16.2 Å². The first-order chi connectivity index (χ1) is 9.13. The molecule has 0 amide bonds. The normalized spacial score (nSPS) is 12.6. The Morgan fingerprint density at radius 1 is 1.32 bits per heavy atom. The number of benzene rings is 1. The summed E-state index contributed by atoms with van der Waals surface area (Å²) in [6, 6.07) is 9.25. The molecule has 0 aliphatic rings. The summed E-state index contributed by atoms with van der Waals surface area (Å²) in [7, 11) is 0. The third-order valence-corrected chi connectivity index (χ3v) is 4.88. The Balaban J connectivity index is 2.17. The van der Waals surface area contributed by atoms with Gasteiger partial charge >= 0.3 is 0 Å². The van der Waals surface area contributed by atoms with Crippen LogP contribution >= 0.6 is 27.3 Å². The molecule has 0 saturated heterocycles. The van der Waals surface area contributed by atoms with Crippen LogP contribution in [-0.4, -0.2) is 0 Å². The summed E-state index contributed by atoms with van der Waals surface area (Å²) in [5.74, 6) is 5.37. The van der Waals surface area contributed by atoms with E-state index in [0.29, 0.717) is 4.47 Å². The number of aryl methyl sites for hydroxylation is 1. The Hall–Kier alpha value is -0.750. The molecular formula is C14H16BrFN2S. The first-order valence-corrected chi connectivity index (χ1v) is 7.73. The van der Waals surface area contributed by atoms with Crippen molar-refractivity contribution in [2.75, 3.05) is 0 Å². The number of thiophene rings is 1. The summed E-state index contributed by atoms with van der Waals surface area (Å²) in [6.45, 7) is 2.14. The topological polar surface area (TPSA) is 38.0 Å². The van der Waals surface area contributed by atoms with Crippen LogP contribution in [0.2, 0.25) is 0 Å². The van der Waals surface area contributed by atoms with E-state index in [0.717, 1.165) is 18.4 Å². The van der Waals surface area contributed by atoms with Crippen LogP contribution in [0.25, 0.3) is 0 Å². The van der Waals surface area contributed by atoms with Crippen LogP contribution in [0.1, 0.15) is 28.3 Å². The fourth-order valence-corrected chi connectivity index (χ4v) is 3.33. The quantitative estimate of drug-likeness (QED) is 0.637. The first-order valence-electron chi connectivity index (χ1n) is 6.12. The van der Waals surface area contributed by atoms with Crippen LogP contribution in [0.3, 0.4) is 0 Å². The molecule has 5 heteroatoms. The summed E-state index contributed by atoms with van der Waals surface area (Å²) in [5, 5.41) is 0. The Morgan fingerprint density at radius 3 is 2.63 bits per heavy atom. The van der Waals surface area contributed by atoms with Gasteiger partial charge in [0.05, 0.1) is 10.5 Å². The summed E-state index contributed by atoms with van der Waals surface area (Å²) in [5.41, 5.74) is 3.78. The highest BCUT2D eigenvalue weighted by atomic mass is 79.9. The highest BCUT2D eigenvalue weighted by molar-refractivity contribution is 9.10. The second-order valence-corrected chi connectivity index (χ2v) is 6.43. The van der Waals surface area contributed by atoms with Crippen LogP contribution in [0.4, 0.5) is 4.39 Å². The monoisotopic (exact) mass is 342 g/mol. The van der Waals surface area contributed by atoms with Gasteiger partial charge in [0.2, 0.25) is 0 Å². The molecule has 0 saturated carbocycles. The van der Waals surface area contributed by atoms with Crippen molar-refractivity contribution in [1.29, 1.82) is 0 Å². The third kappa shape index (κ3) is 3.63. The molecule has 0 bridgehead atoms. The van der Waals surface area contributed by atoms with E-state index in [-0.39, 0.29) is 11.9 Å². The van der Waals surface area contributed by atoms with E-state index in [1.54, 1.807) is 23.5 Å². The molecule has 1 unspecified atom stereocenters. The molecule has 0 aliphatic heterocycles. The van der Waals surface area contributed by atoms with Gasteiger partial charge in [-0.1, -0.05) is 13.0 Å². The molecule has 1 atom stereocenters. The molecule has 0 fully saturated rings. The van der Waals surface area contributed by atoms with Crippen LogP contribution in [-0.2, 0) is 12.8 Å². The van der Waals surface area contributed by atoms with E-state index in [9.17, 15) is 4.39 Å². The zero-order chi connectivity index (χ0) is 13.8. The number of hydrogen-bond acceptors (Lipinski definition) is 3. The molecule has 19 heavy (non-hydrogen) atoms. The zero-order valence-electron chi connectivity index (χ0n) is 10.6. The van der Waals surface area contributed by atoms with E-state index in [2.05, 4.69) is 40.4 Å². The maximum Gasteiger partial charge on any atom is 0.137 e. The van der Waals surface area contributed by atoms with Gasteiger partial charge in [-0.3, -0.25) is 11.3 Å². The average molecular weight is 343 g/mol. The average Bonchev–Trinajstić information content (AvgIpc) is 2.87. The Labute approximate surface area is 124 Å². The lowest BCUT2D eigenvalue weighted by atomic mass is 10.0. The SMILES string of the molecule is CCc1ccc(CC(NN)c2ccc(F)c(Br)c2)s1. The third-order valence-electron chi connectivity index (χ3n) is 3.02. The first kappa shape index (κ1) is 14.7. The maximum absolute atomic E-state index is 13.2. The van der Waals surface area contributed by atoms with Crippen molar-refractivity contribution < 1.29 is 4.39 Å². The van der Waals surface area contributed by atoms with Gasteiger partial charge in [0.25, 0.3) is 0 Å². The number of hydrogen-bond donors (Lipinski definition) is 2. The molecular weight excluding hydrogens is 327 g/mol. The molecule has 0 aliphatic carbocycles. The Morgan fingerprint density at radius 2 is 2.05 bits per heavy atom. The second-order valence-electron chi connectivity index (χ2n) is 4.32. The predicted molar refractivity (Wildman–Crippen MR) is 81.6 cm³/mol. The number of nitrogens with one attached hydrogen (secondary N) is 1. The largest absolute Gasteiger partial charge is 0.271 e. The van der Waals surface area contributed by atoms with Gasteiger partial charge in [-0.15, -0.1) is 11.3 Å². The van der Waals surface area contributed by atoms with Crippen molar-refractivity contribution in [2.45, 2.75) is 25.8 Å². The Kier molecular flexibility index (Phi) is 5.10. The minimum absolute atomic E-state index is 0.0137. The second kappa shape index (κ2) is 6.61. The van der Waals surface area contributed by atoms with E-state index in [1.807, 2.05) is 0 Å². The van der Waals surface area contributed by atoms with Crippen LogP contribution in [0.5, 0.6) is 0 Å². The highest BCUT2D eigenvalue weighted by Crippen LogP contribution is 2.26. The number of rotatable bonds is 5. The number of nitrogens with two attached hydrogens (primary N) is 1. The van der Waals surface area contributed by atoms with Crippen molar-refractivity contribution in [3.63, 3.8) is 0 Å². The zero-order valence-corrected chi connectivity index (χ0v) is 13.0. The predicted octanol–water partition coefficient (Wildman–Crippen LogP) is 3.96. The van der Waals surface area contributed by atoms with Gasteiger partial charge in [0.15, 0.2) is 0 Å². The minimum atomic E-state index is -0.260. The molecule has 1 aromatic heterocycles. The Bertz CT molecular complexity index is 556. The smallest absolute Gasteiger partial charge is 0.137 e. The van der Waals surface area contributed by atoms with E-state index in [4.69, 9.17) is 5.84 Å². The van der Waals surface area contributed by atoms with Gasteiger partial charge in [-0.2, -0.15) is 0 Å². The molecule has 3 N–H and O–H groups in total. The molecule has 1 aromatic carbocycles. The van der Waals surface area contributed by atoms with Crippen molar-refractivity contribution >= 4 is 27.3 Å².